The molecule has 0 fully saturated rings. The summed E-state index contributed by atoms with van der Waals surface area (Å²) in [5, 5.41) is 0. The van der Waals surface area contributed by atoms with Crippen LogP contribution >= 0.6 is 0 Å². The SMILES string of the molecule is COc1ccc(CS(=O)c2cccc(F)c2)cc1N. The highest BCUT2D eigenvalue weighted by Crippen LogP contribution is 2.23. The molecule has 2 rings (SSSR count). The Morgan fingerprint density at radius 2 is 2.05 bits per heavy atom. The largest absolute Gasteiger partial charge is 0.495 e. The molecule has 1 atom stereocenters. The van der Waals surface area contributed by atoms with Crippen molar-refractivity contribution in [2.75, 3.05) is 12.8 Å². The van der Waals surface area contributed by atoms with Crippen LogP contribution in [0.15, 0.2) is 47.4 Å². The van der Waals surface area contributed by atoms with Gasteiger partial charge < -0.3 is 10.5 Å². The average molecular weight is 279 g/mol. The highest BCUT2D eigenvalue weighted by molar-refractivity contribution is 7.84. The summed E-state index contributed by atoms with van der Waals surface area (Å²) >= 11 is 0. The Labute approximate surface area is 113 Å². The van der Waals surface area contributed by atoms with E-state index in [1.54, 1.807) is 30.3 Å². The van der Waals surface area contributed by atoms with Gasteiger partial charge in [0.1, 0.15) is 11.6 Å². The summed E-state index contributed by atoms with van der Waals surface area (Å²) in [5.74, 6) is 0.484. The van der Waals surface area contributed by atoms with Crippen molar-refractivity contribution in [3.63, 3.8) is 0 Å². The predicted octanol–water partition coefficient (Wildman–Crippen LogP) is 2.72. The molecule has 0 bridgehead atoms. The molecule has 100 valence electrons. The number of nitrogen functional groups attached to an aromatic ring is 1. The van der Waals surface area contributed by atoms with E-state index in [1.807, 2.05) is 0 Å². The van der Waals surface area contributed by atoms with Crippen molar-refractivity contribution in [1.29, 1.82) is 0 Å². The lowest BCUT2D eigenvalue weighted by Crippen LogP contribution is -1.99. The van der Waals surface area contributed by atoms with Crippen molar-refractivity contribution in [2.24, 2.45) is 0 Å². The Hall–Kier alpha value is -1.88. The molecule has 5 heteroatoms. The molecule has 2 aromatic rings. The molecule has 0 heterocycles. The molecule has 1 unspecified atom stereocenters. The van der Waals surface area contributed by atoms with E-state index in [2.05, 4.69) is 0 Å². The summed E-state index contributed by atoms with van der Waals surface area (Å²) in [6.07, 6.45) is 0. The van der Waals surface area contributed by atoms with E-state index in [9.17, 15) is 8.60 Å². The molecule has 0 saturated heterocycles. The van der Waals surface area contributed by atoms with Crippen LogP contribution in [0.4, 0.5) is 10.1 Å². The van der Waals surface area contributed by atoms with Crippen LogP contribution in [-0.4, -0.2) is 11.3 Å². The summed E-state index contributed by atoms with van der Waals surface area (Å²) in [6, 6.07) is 11.0. The van der Waals surface area contributed by atoms with E-state index in [1.165, 1.54) is 19.2 Å². The van der Waals surface area contributed by atoms with Crippen LogP contribution in [0.25, 0.3) is 0 Å². The number of anilines is 1. The van der Waals surface area contributed by atoms with Gasteiger partial charge in [-0.25, -0.2) is 4.39 Å². The summed E-state index contributed by atoms with van der Waals surface area (Å²) in [6.45, 7) is 0. The number of benzene rings is 2. The molecule has 3 nitrogen and oxygen atoms in total. The second kappa shape index (κ2) is 5.84. The van der Waals surface area contributed by atoms with Crippen molar-refractivity contribution in [3.8, 4) is 5.75 Å². The third-order valence-corrected chi connectivity index (χ3v) is 4.03. The first-order valence-electron chi connectivity index (χ1n) is 5.66. The smallest absolute Gasteiger partial charge is 0.141 e. The van der Waals surface area contributed by atoms with Crippen LogP contribution in [0.2, 0.25) is 0 Å². The zero-order chi connectivity index (χ0) is 13.8. The van der Waals surface area contributed by atoms with E-state index in [0.29, 0.717) is 16.3 Å². The van der Waals surface area contributed by atoms with E-state index < -0.39 is 10.8 Å². The van der Waals surface area contributed by atoms with Gasteiger partial charge in [0.2, 0.25) is 0 Å². The van der Waals surface area contributed by atoms with E-state index in [0.717, 1.165) is 5.56 Å². The predicted molar refractivity (Wildman–Crippen MR) is 73.9 cm³/mol. The molecule has 0 spiro atoms. The molecule has 2 aromatic carbocycles. The molecule has 2 N–H and O–H groups in total. The fraction of sp³-hybridized carbons (Fsp3) is 0.143. The minimum absolute atomic E-state index is 0.289. The van der Waals surface area contributed by atoms with Crippen molar-refractivity contribution in [3.05, 3.63) is 53.8 Å². The first-order valence-corrected chi connectivity index (χ1v) is 6.98. The Morgan fingerprint density at radius 3 is 2.68 bits per heavy atom. The van der Waals surface area contributed by atoms with E-state index >= 15 is 0 Å². The zero-order valence-corrected chi connectivity index (χ0v) is 11.2. The van der Waals surface area contributed by atoms with Crippen LogP contribution in [0, 0.1) is 5.82 Å². The van der Waals surface area contributed by atoms with Crippen LogP contribution in [0.5, 0.6) is 5.75 Å². The van der Waals surface area contributed by atoms with Gasteiger partial charge in [0.15, 0.2) is 0 Å². The monoisotopic (exact) mass is 279 g/mol. The van der Waals surface area contributed by atoms with Gasteiger partial charge in [-0.1, -0.05) is 12.1 Å². The van der Waals surface area contributed by atoms with Gasteiger partial charge in [-0.05, 0) is 35.9 Å². The number of hydrogen-bond acceptors (Lipinski definition) is 3. The van der Waals surface area contributed by atoms with Crippen molar-refractivity contribution >= 4 is 16.5 Å². The lowest BCUT2D eigenvalue weighted by molar-refractivity contribution is 0.417. The number of ether oxygens (including phenoxy) is 1. The number of rotatable bonds is 4. The summed E-state index contributed by atoms with van der Waals surface area (Å²) in [5.41, 5.74) is 7.10. The summed E-state index contributed by atoms with van der Waals surface area (Å²) < 4.78 is 30.2. The molecule has 0 aromatic heterocycles. The molecule has 0 aliphatic rings. The fourth-order valence-corrected chi connectivity index (χ4v) is 2.84. The maximum Gasteiger partial charge on any atom is 0.141 e. The van der Waals surface area contributed by atoms with E-state index in [4.69, 9.17) is 10.5 Å². The van der Waals surface area contributed by atoms with Crippen molar-refractivity contribution < 1.29 is 13.3 Å². The number of halogens is 1. The van der Waals surface area contributed by atoms with Crippen LogP contribution in [0.1, 0.15) is 5.56 Å². The number of methoxy groups -OCH3 is 1. The van der Waals surface area contributed by atoms with Gasteiger partial charge in [-0.15, -0.1) is 0 Å². The third-order valence-electron chi connectivity index (χ3n) is 2.65. The first-order chi connectivity index (χ1) is 9.10. The van der Waals surface area contributed by atoms with Gasteiger partial charge in [0.25, 0.3) is 0 Å². The molecule has 0 aliphatic heterocycles. The number of nitrogens with two attached hydrogens (primary N) is 1. The lowest BCUT2D eigenvalue weighted by atomic mass is 10.2. The maximum absolute atomic E-state index is 13.1. The molecular formula is C14H14FNO2S. The minimum atomic E-state index is -1.30. The van der Waals surface area contributed by atoms with Crippen LogP contribution in [-0.2, 0) is 16.6 Å². The van der Waals surface area contributed by atoms with Gasteiger partial charge in [-0.3, -0.25) is 4.21 Å². The Morgan fingerprint density at radius 1 is 1.26 bits per heavy atom. The molecule has 0 amide bonds. The molecule has 0 saturated carbocycles. The number of hydrogen-bond donors (Lipinski definition) is 1. The van der Waals surface area contributed by atoms with Crippen LogP contribution < -0.4 is 10.5 Å². The van der Waals surface area contributed by atoms with Gasteiger partial charge >= 0.3 is 0 Å². The Bertz CT molecular complexity index is 616. The average Bonchev–Trinajstić information content (AvgIpc) is 2.39. The van der Waals surface area contributed by atoms with Crippen molar-refractivity contribution in [1.82, 2.24) is 0 Å². The highest BCUT2D eigenvalue weighted by Gasteiger charge is 2.08. The lowest BCUT2D eigenvalue weighted by Gasteiger charge is -2.07. The molecule has 0 aliphatic carbocycles. The highest BCUT2D eigenvalue weighted by atomic mass is 32.2. The molecular weight excluding hydrogens is 265 g/mol. The topological polar surface area (TPSA) is 52.3 Å². The quantitative estimate of drug-likeness (QED) is 0.875. The minimum Gasteiger partial charge on any atom is -0.495 e. The second-order valence-electron chi connectivity index (χ2n) is 4.02. The van der Waals surface area contributed by atoms with Gasteiger partial charge in [-0.2, -0.15) is 0 Å². The summed E-state index contributed by atoms with van der Waals surface area (Å²) in [7, 11) is 0.240. The standard InChI is InChI=1S/C14H14FNO2S/c1-18-14-6-5-10(7-13(14)16)9-19(17)12-4-2-3-11(15)8-12/h2-8H,9,16H2,1H3. The molecule has 19 heavy (non-hydrogen) atoms. The normalized spacial score (nSPS) is 12.1. The molecule has 0 radical (unpaired) electrons. The zero-order valence-electron chi connectivity index (χ0n) is 10.4. The van der Waals surface area contributed by atoms with E-state index in [-0.39, 0.29) is 11.6 Å². The maximum atomic E-state index is 13.1. The fourth-order valence-electron chi connectivity index (χ4n) is 1.72. The third kappa shape index (κ3) is 3.32. The van der Waals surface area contributed by atoms with Gasteiger partial charge in [0.05, 0.1) is 29.3 Å². The van der Waals surface area contributed by atoms with Crippen molar-refractivity contribution in [2.45, 2.75) is 10.6 Å². The Balaban J connectivity index is 2.17. The summed E-state index contributed by atoms with van der Waals surface area (Å²) in [4.78, 5) is 0.467. The van der Waals surface area contributed by atoms with Crippen LogP contribution in [0.3, 0.4) is 0 Å². The first kappa shape index (κ1) is 13.5. The van der Waals surface area contributed by atoms with Gasteiger partial charge in [0, 0.05) is 4.90 Å². The Kier molecular flexibility index (Phi) is 4.16. The second-order valence-corrected chi connectivity index (χ2v) is 5.47.